The highest BCUT2D eigenvalue weighted by molar-refractivity contribution is 6.10. The molecule has 4 aromatic rings. The van der Waals surface area contributed by atoms with Crippen molar-refractivity contribution in [2.45, 2.75) is 6.04 Å². The minimum Gasteiger partial charge on any atom is -0.336 e. The molecule has 0 spiro atoms. The smallest absolute Gasteiger partial charge is 0.252 e. The molecule has 0 saturated heterocycles. The lowest BCUT2D eigenvalue weighted by molar-refractivity contribution is -0.118. The van der Waals surface area contributed by atoms with E-state index >= 15 is 0 Å². The number of nitrogens with one attached hydrogen (secondary N) is 2. The number of hydrogen-bond donors (Lipinski definition) is 2. The second-order valence-electron chi connectivity index (χ2n) is 7.45. The van der Waals surface area contributed by atoms with Gasteiger partial charge >= 0.3 is 0 Å². The van der Waals surface area contributed by atoms with Gasteiger partial charge in [0.05, 0.1) is 0 Å². The molecular formula is C28H22N2O3. The van der Waals surface area contributed by atoms with Gasteiger partial charge in [-0.3, -0.25) is 14.4 Å². The van der Waals surface area contributed by atoms with Crippen molar-refractivity contribution in [1.82, 2.24) is 5.32 Å². The quantitative estimate of drug-likeness (QED) is 0.401. The maximum atomic E-state index is 13.2. The number of ketones is 1. The van der Waals surface area contributed by atoms with E-state index in [0.717, 1.165) is 0 Å². The molecule has 2 amide bonds. The Balaban J connectivity index is 1.56. The van der Waals surface area contributed by atoms with Gasteiger partial charge in [0.25, 0.3) is 11.8 Å². The molecule has 0 heterocycles. The molecule has 5 heteroatoms. The molecule has 0 saturated carbocycles. The maximum Gasteiger partial charge on any atom is 0.252 e. The van der Waals surface area contributed by atoms with Crippen LogP contribution in [0.1, 0.15) is 37.9 Å². The van der Waals surface area contributed by atoms with E-state index in [2.05, 4.69) is 10.6 Å². The zero-order valence-corrected chi connectivity index (χ0v) is 17.8. The van der Waals surface area contributed by atoms with Crippen molar-refractivity contribution in [3.05, 3.63) is 138 Å². The highest BCUT2D eigenvalue weighted by Gasteiger charge is 2.23. The number of benzene rings is 4. The molecule has 1 unspecified atom stereocenters. The van der Waals surface area contributed by atoms with E-state index in [0.29, 0.717) is 27.9 Å². The van der Waals surface area contributed by atoms with Crippen LogP contribution < -0.4 is 10.6 Å². The lowest BCUT2D eigenvalue weighted by Crippen LogP contribution is -2.37. The number of hydrogen-bond acceptors (Lipinski definition) is 3. The van der Waals surface area contributed by atoms with E-state index in [4.69, 9.17) is 0 Å². The third kappa shape index (κ3) is 5.40. The SMILES string of the molecule is O=C(NC(C(=O)Nc1cccc(C(=O)c2ccccc2)c1)c1ccccc1)c1ccccc1. The summed E-state index contributed by atoms with van der Waals surface area (Å²) >= 11 is 0. The third-order valence-corrected chi connectivity index (χ3v) is 5.13. The van der Waals surface area contributed by atoms with E-state index < -0.39 is 11.9 Å². The van der Waals surface area contributed by atoms with Crippen molar-refractivity contribution >= 4 is 23.3 Å². The van der Waals surface area contributed by atoms with Crippen LogP contribution in [0.5, 0.6) is 0 Å². The molecule has 162 valence electrons. The van der Waals surface area contributed by atoms with Crippen LogP contribution in [0, 0.1) is 0 Å². The van der Waals surface area contributed by atoms with Crippen LogP contribution in [0.15, 0.2) is 115 Å². The fraction of sp³-hybridized carbons (Fsp3) is 0.0357. The van der Waals surface area contributed by atoms with Crippen LogP contribution in [0.3, 0.4) is 0 Å². The largest absolute Gasteiger partial charge is 0.336 e. The van der Waals surface area contributed by atoms with Gasteiger partial charge in [-0.05, 0) is 29.8 Å². The van der Waals surface area contributed by atoms with Gasteiger partial charge in [-0.2, -0.15) is 0 Å². The molecule has 0 aromatic heterocycles. The Labute approximate surface area is 192 Å². The first-order valence-electron chi connectivity index (χ1n) is 10.5. The van der Waals surface area contributed by atoms with Gasteiger partial charge in [0.2, 0.25) is 0 Å². The van der Waals surface area contributed by atoms with E-state index in [1.165, 1.54) is 0 Å². The number of rotatable bonds is 7. The summed E-state index contributed by atoms with van der Waals surface area (Å²) in [6.45, 7) is 0. The monoisotopic (exact) mass is 434 g/mol. The van der Waals surface area contributed by atoms with Gasteiger partial charge < -0.3 is 10.6 Å². The van der Waals surface area contributed by atoms with Crippen LogP contribution in [0.4, 0.5) is 5.69 Å². The summed E-state index contributed by atoms with van der Waals surface area (Å²) in [6, 6.07) is 32.6. The molecule has 4 aromatic carbocycles. The second kappa shape index (κ2) is 10.2. The van der Waals surface area contributed by atoms with Gasteiger partial charge in [0.15, 0.2) is 5.78 Å². The fourth-order valence-electron chi connectivity index (χ4n) is 3.46. The molecule has 33 heavy (non-hydrogen) atoms. The Hall–Kier alpha value is -4.51. The van der Waals surface area contributed by atoms with Crippen molar-refractivity contribution in [2.75, 3.05) is 5.32 Å². The number of carbonyl (C=O) groups is 3. The third-order valence-electron chi connectivity index (χ3n) is 5.13. The van der Waals surface area contributed by atoms with Crippen LogP contribution in [0.25, 0.3) is 0 Å². The summed E-state index contributed by atoms with van der Waals surface area (Å²) in [5, 5.41) is 5.65. The standard InChI is InChI=1S/C28H22N2O3/c31-26(21-13-6-2-7-14-21)23-17-10-18-24(19-23)29-28(33)25(20-11-4-1-5-12-20)30-27(32)22-15-8-3-9-16-22/h1-19,25H,(H,29,33)(H,30,32). The predicted molar refractivity (Wildman–Crippen MR) is 128 cm³/mol. The second-order valence-corrected chi connectivity index (χ2v) is 7.45. The maximum absolute atomic E-state index is 13.2. The summed E-state index contributed by atoms with van der Waals surface area (Å²) in [7, 11) is 0. The summed E-state index contributed by atoms with van der Waals surface area (Å²) < 4.78 is 0. The Bertz CT molecular complexity index is 1260. The first-order chi connectivity index (χ1) is 16.1. The van der Waals surface area contributed by atoms with E-state index in [1.54, 1.807) is 84.9 Å². The average molecular weight is 434 g/mol. The summed E-state index contributed by atoms with van der Waals surface area (Å²) in [6.07, 6.45) is 0. The predicted octanol–water partition coefficient (Wildman–Crippen LogP) is 5.03. The Morgan fingerprint density at radius 2 is 1.12 bits per heavy atom. The highest BCUT2D eigenvalue weighted by atomic mass is 16.2. The molecule has 0 bridgehead atoms. The van der Waals surface area contributed by atoms with Gasteiger partial charge in [-0.1, -0.05) is 91.0 Å². The minimum absolute atomic E-state index is 0.135. The Kier molecular flexibility index (Phi) is 6.71. The number of anilines is 1. The first kappa shape index (κ1) is 21.7. The fourth-order valence-corrected chi connectivity index (χ4v) is 3.46. The Morgan fingerprint density at radius 1 is 0.576 bits per heavy atom. The Morgan fingerprint density at radius 3 is 1.76 bits per heavy atom. The van der Waals surface area contributed by atoms with Crippen molar-refractivity contribution in [3.63, 3.8) is 0 Å². The molecule has 2 N–H and O–H groups in total. The normalized spacial score (nSPS) is 11.3. The van der Waals surface area contributed by atoms with Crippen molar-refractivity contribution in [3.8, 4) is 0 Å². The van der Waals surface area contributed by atoms with E-state index in [9.17, 15) is 14.4 Å². The van der Waals surface area contributed by atoms with Gasteiger partial charge in [0.1, 0.15) is 6.04 Å². The molecule has 1 atom stereocenters. The zero-order valence-electron chi connectivity index (χ0n) is 17.8. The molecule has 0 radical (unpaired) electrons. The number of amides is 2. The molecule has 0 aliphatic heterocycles. The van der Waals surface area contributed by atoms with Gasteiger partial charge in [-0.15, -0.1) is 0 Å². The van der Waals surface area contributed by atoms with Crippen LogP contribution in [-0.2, 0) is 4.79 Å². The van der Waals surface area contributed by atoms with Crippen LogP contribution >= 0.6 is 0 Å². The molecule has 0 aliphatic carbocycles. The van der Waals surface area contributed by atoms with Crippen molar-refractivity contribution in [2.24, 2.45) is 0 Å². The summed E-state index contributed by atoms with van der Waals surface area (Å²) in [5.74, 6) is -0.897. The van der Waals surface area contributed by atoms with Crippen LogP contribution in [-0.4, -0.2) is 17.6 Å². The molecule has 4 rings (SSSR count). The summed E-state index contributed by atoms with van der Waals surface area (Å²) in [4.78, 5) is 38.7. The van der Waals surface area contributed by atoms with Crippen molar-refractivity contribution in [1.29, 1.82) is 0 Å². The van der Waals surface area contributed by atoms with Crippen molar-refractivity contribution < 1.29 is 14.4 Å². The lowest BCUT2D eigenvalue weighted by Gasteiger charge is -2.19. The first-order valence-corrected chi connectivity index (χ1v) is 10.5. The molecular weight excluding hydrogens is 412 g/mol. The lowest BCUT2D eigenvalue weighted by atomic mass is 10.0. The molecule has 5 nitrogen and oxygen atoms in total. The highest BCUT2D eigenvalue weighted by Crippen LogP contribution is 2.19. The van der Waals surface area contributed by atoms with E-state index in [1.807, 2.05) is 30.3 Å². The van der Waals surface area contributed by atoms with Gasteiger partial charge in [-0.25, -0.2) is 0 Å². The summed E-state index contributed by atoms with van der Waals surface area (Å²) in [5.41, 5.74) is 2.61. The minimum atomic E-state index is -0.910. The topological polar surface area (TPSA) is 75.3 Å². The van der Waals surface area contributed by atoms with Crippen LogP contribution in [0.2, 0.25) is 0 Å². The van der Waals surface area contributed by atoms with Gasteiger partial charge in [0, 0.05) is 22.4 Å². The molecule has 0 fully saturated rings. The number of carbonyl (C=O) groups excluding carboxylic acids is 3. The average Bonchev–Trinajstić information content (AvgIpc) is 2.88. The molecule has 0 aliphatic rings. The van der Waals surface area contributed by atoms with E-state index in [-0.39, 0.29) is 11.7 Å². The zero-order chi connectivity index (χ0) is 23.0.